The number of amides is 2. The van der Waals surface area contributed by atoms with E-state index in [1.54, 1.807) is 30.3 Å². The van der Waals surface area contributed by atoms with E-state index in [-0.39, 0.29) is 11.8 Å². The molecule has 0 spiro atoms. The Labute approximate surface area is 167 Å². The number of anilines is 1. The number of carbonyl (C=O) groups is 2. The zero-order valence-electron chi connectivity index (χ0n) is 15.5. The second kappa shape index (κ2) is 7.90. The third kappa shape index (κ3) is 4.09. The summed E-state index contributed by atoms with van der Waals surface area (Å²) in [5.41, 5.74) is 3.40. The summed E-state index contributed by atoms with van der Waals surface area (Å²) < 4.78 is 1.87. The van der Waals surface area contributed by atoms with Crippen molar-refractivity contribution in [1.82, 2.24) is 14.7 Å². The number of nitrogens with one attached hydrogen (secondary N) is 1. The molecule has 1 aliphatic heterocycles. The minimum atomic E-state index is -0.0940. The Morgan fingerprint density at radius 1 is 1.21 bits per heavy atom. The van der Waals surface area contributed by atoms with Crippen molar-refractivity contribution in [1.29, 1.82) is 0 Å². The number of benzene rings is 2. The largest absolute Gasteiger partial charge is 0.337 e. The van der Waals surface area contributed by atoms with E-state index < -0.39 is 0 Å². The molecular formula is C21H20N4O2S. The lowest BCUT2D eigenvalue weighted by molar-refractivity contribution is -0.113. The monoisotopic (exact) mass is 392 g/mol. The average molecular weight is 392 g/mol. The zero-order valence-corrected chi connectivity index (χ0v) is 16.3. The molecule has 2 aromatic carbocycles. The highest BCUT2D eigenvalue weighted by Gasteiger charge is 2.19. The summed E-state index contributed by atoms with van der Waals surface area (Å²) in [5.74, 6) is 0.275. The first-order valence-corrected chi connectivity index (χ1v) is 9.94. The summed E-state index contributed by atoms with van der Waals surface area (Å²) in [6, 6.07) is 15.6. The van der Waals surface area contributed by atoms with Crippen LogP contribution in [0.4, 0.5) is 5.69 Å². The summed E-state index contributed by atoms with van der Waals surface area (Å²) in [5, 5.41) is 7.22. The standard InChI is InChI=1S/C21H20N4O2S/c1-24(11-16-10-22-25(13-16)12-15-5-3-2-4-6-15)21(27)17-7-8-19-18(9-17)23-20(26)14-28-19/h2-10,13H,11-12,14H2,1H3,(H,23,26). The van der Waals surface area contributed by atoms with Crippen molar-refractivity contribution in [3.8, 4) is 0 Å². The molecule has 6 nitrogen and oxygen atoms in total. The van der Waals surface area contributed by atoms with Crippen LogP contribution in [0, 0.1) is 0 Å². The molecule has 1 aromatic heterocycles. The van der Waals surface area contributed by atoms with Crippen molar-refractivity contribution in [2.45, 2.75) is 18.0 Å². The maximum atomic E-state index is 12.8. The fourth-order valence-electron chi connectivity index (χ4n) is 3.13. The van der Waals surface area contributed by atoms with Crippen molar-refractivity contribution < 1.29 is 9.59 Å². The van der Waals surface area contributed by atoms with Crippen LogP contribution in [0.1, 0.15) is 21.5 Å². The van der Waals surface area contributed by atoms with Crippen LogP contribution in [-0.2, 0) is 17.9 Å². The zero-order chi connectivity index (χ0) is 19.5. The van der Waals surface area contributed by atoms with Gasteiger partial charge in [-0.3, -0.25) is 14.3 Å². The maximum Gasteiger partial charge on any atom is 0.253 e. The summed E-state index contributed by atoms with van der Waals surface area (Å²) in [6.07, 6.45) is 3.75. The molecule has 1 N–H and O–H groups in total. The van der Waals surface area contributed by atoms with Gasteiger partial charge in [0.1, 0.15) is 0 Å². The van der Waals surface area contributed by atoms with E-state index in [2.05, 4.69) is 22.5 Å². The molecule has 3 aromatic rings. The highest BCUT2D eigenvalue weighted by Crippen LogP contribution is 2.32. The van der Waals surface area contributed by atoms with Crippen molar-refractivity contribution >= 4 is 29.3 Å². The van der Waals surface area contributed by atoms with Crippen LogP contribution in [0.15, 0.2) is 65.8 Å². The maximum absolute atomic E-state index is 12.8. The lowest BCUT2D eigenvalue weighted by Crippen LogP contribution is -2.26. The highest BCUT2D eigenvalue weighted by molar-refractivity contribution is 8.00. The van der Waals surface area contributed by atoms with Crippen molar-refractivity contribution in [2.75, 3.05) is 18.1 Å². The van der Waals surface area contributed by atoms with Gasteiger partial charge in [0.25, 0.3) is 5.91 Å². The van der Waals surface area contributed by atoms with Crippen molar-refractivity contribution in [3.63, 3.8) is 0 Å². The average Bonchev–Trinajstić information content (AvgIpc) is 3.14. The number of carbonyl (C=O) groups excluding carboxylic acids is 2. The summed E-state index contributed by atoms with van der Waals surface area (Å²) in [6.45, 7) is 1.16. The Morgan fingerprint density at radius 2 is 2.04 bits per heavy atom. The van der Waals surface area contributed by atoms with Crippen LogP contribution < -0.4 is 5.32 Å². The molecule has 0 bridgehead atoms. The Kier molecular flexibility index (Phi) is 5.16. The predicted molar refractivity (Wildman–Crippen MR) is 109 cm³/mol. The second-order valence-corrected chi connectivity index (χ2v) is 7.76. The minimum Gasteiger partial charge on any atom is -0.337 e. The van der Waals surface area contributed by atoms with Gasteiger partial charge in [0, 0.05) is 35.8 Å². The van der Waals surface area contributed by atoms with E-state index in [1.165, 1.54) is 17.3 Å². The van der Waals surface area contributed by atoms with Gasteiger partial charge in [-0.2, -0.15) is 5.10 Å². The van der Waals surface area contributed by atoms with Crippen molar-refractivity contribution in [2.24, 2.45) is 0 Å². The molecule has 0 saturated heterocycles. The second-order valence-electron chi connectivity index (χ2n) is 6.74. The number of fused-ring (bicyclic) bond motifs is 1. The number of nitrogens with zero attached hydrogens (tertiary/aromatic N) is 3. The number of hydrogen-bond donors (Lipinski definition) is 1. The van der Waals surface area contributed by atoms with E-state index >= 15 is 0 Å². The Hall–Kier alpha value is -3.06. The van der Waals surface area contributed by atoms with Crippen LogP contribution in [0.5, 0.6) is 0 Å². The Bertz CT molecular complexity index is 1020. The minimum absolute atomic E-state index is 0.0405. The quantitative estimate of drug-likeness (QED) is 0.724. The smallest absolute Gasteiger partial charge is 0.253 e. The molecule has 0 radical (unpaired) electrons. The summed E-state index contributed by atoms with van der Waals surface area (Å²) >= 11 is 1.48. The fraction of sp³-hybridized carbons (Fsp3) is 0.190. The lowest BCUT2D eigenvalue weighted by atomic mass is 10.1. The molecular weight excluding hydrogens is 372 g/mol. The molecule has 0 saturated carbocycles. The fourth-order valence-corrected chi connectivity index (χ4v) is 3.92. The van der Waals surface area contributed by atoms with Gasteiger partial charge >= 0.3 is 0 Å². The Balaban J connectivity index is 1.42. The third-order valence-electron chi connectivity index (χ3n) is 4.50. The molecule has 1 aliphatic rings. The van der Waals surface area contributed by atoms with E-state index in [9.17, 15) is 9.59 Å². The first kappa shape index (κ1) is 18.3. The van der Waals surface area contributed by atoms with Gasteiger partial charge < -0.3 is 10.2 Å². The molecule has 0 unspecified atom stereocenters. The molecule has 142 valence electrons. The predicted octanol–water partition coefficient (Wildman–Crippen LogP) is 3.25. The molecule has 7 heteroatoms. The number of aromatic nitrogens is 2. The molecule has 0 fully saturated rings. The van der Waals surface area contributed by atoms with E-state index in [0.29, 0.717) is 30.1 Å². The van der Waals surface area contributed by atoms with Crippen LogP contribution in [0.2, 0.25) is 0 Å². The highest BCUT2D eigenvalue weighted by atomic mass is 32.2. The Morgan fingerprint density at radius 3 is 2.86 bits per heavy atom. The molecule has 28 heavy (non-hydrogen) atoms. The summed E-state index contributed by atoms with van der Waals surface area (Å²) in [4.78, 5) is 27.0. The number of rotatable bonds is 5. The molecule has 0 aliphatic carbocycles. The SMILES string of the molecule is CN(Cc1cnn(Cc2ccccc2)c1)C(=O)c1ccc2c(c1)NC(=O)CS2. The van der Waals surface area contributed by atoms with Gasteiger partial charge in [0.2, 0.25) is 5.91 Å². The topological polar surface area (TPSA) is 67.2 Å². The van der Waals surface area contributed by atoms with Gasteiger partial charge in [-0.15, -0.1) is 11.8 Å². The van der Waals surface area contributed by atoms with Crippen molar-refractivity contribution in [3.05, 3.63) is 77.6 Å². The molecule has 0 atom stereocenters. The van der Waals surface area contributed by atoms with Crippen LogP contribution in [0.25, 0.3) is 0 Å². The van der Waals surface area contributed by atoms with Gasteiger partial charge in [0.05, 0.1) is 24.2 Å². The molecule has 2 amide bonds. The van der Waals surface area contributed by atoms with Gasteiger partial charge in [-0.1, -0.05) is 30.3 Å². The van der Waals surface area contributed by atoms with Gasteiger partial charge in [-0.25, -0.2) is 0 Å². The lowest BCUT2D eigenvalue weighted by Gasteiger charge is -2.20. The van der Waals surface area contributed by atoms with Crippen LogP contribution in [0.3, 0.4) is 0 Å². The third-order valence-corrected chi connectivity index (χ3v) is 5.57. The van der Waals surface area contributed by atoms with E-state index in [4.69, 9.17) is 0 Å². The molecule has 4 rings (SSSR count). The molecule has 2 heterocycles. The normalized spacial score (nSPS) is 13.0. The van der Waals surface area contributed by atoms with Gasteiger partial charge in [0.15, 0.2) is 0 Å². The summed E-state index contributed by atoms with van der Waals surface area (Å²) in [7, 11) is 1.77. The van der Waals surface area contributed by atoms with Gasteiger partial charge in [-0.05, 0) is 23.8 Å². The van der Waals surface area contributed by atoms with E-state index in [0.717, 1.165) is 10.5 Å². The van der Waals surface area contributed by atoms with Crippen LogP contribution >= 0.6 is 11.8 Å². The first-order chi connectivity index (χ1) is 13.6. The first-order valence-electron chi connectivity index (χ1n) is 8.96. The number of thioether (sulfide) groups is 1. The number of hydrogen-bond acceptors (Lipinski definition) is 4. The van der Waals surface area contributed by atoms with E-state index in [1.807, 2.05) is 35.1 Å². The van der Waals surface area contributed by atoms with Crippen LogP contribution in [-0.4, -0.2) is 39.3 Å².